The molecule has 2 aromatic rings. The molecular formula is C12H14N4O3S2. The number of pyridine rings is 1. The van der Waals surface area contributed by atoms with Crippen molar-refractivity contribution in [2.24, 2.45) is 5.16 Å². The normalized spacial score (nSPS) is 12.3. The highest BCUT2D eigenvalue weighted by molar-refractivity contribution is 7.92. The zero-order valence-corrected chi connectivity index (χ0v) is 12.9. The minimum atomic E-state index is -3.50. The highest BCUT2D eigenvalue weighted by Gasteiger charge is 2.14. The first-order valence-electron chi connectivity index (χ1n) is 6.05. The maximum absolute atomic E-state index is 12.0. The molecule has 0 aromatic carbocycles. The van der Waals surface area contributed by atoms with Crippen molar-refractivity contribution in [2.45, 2.75) is 13.3 Å². The van der Waals surface area contributed by atoms with Gasteiger partial charge in [0, 0.05) is 23.7 Å². The molecule has 2 rings (SSSR count). The van der Waals surface area contributed by atoms with Gasteiger partial charge in [-0.1, -0.05) is 11.2 Å². The van der Waals surface area contributed by atoms with E-state index < -0.39 is 10.0 Å². The van der Waals surface area contributed by atoms with Crippen molar-refractivity contribution >= 4 is 32.2 Å². The summed E-state index contributed by atoms with van der Waals surface area (Å²) in [6.07, 6.45) is 1.95. The van der Waals surface area contributed by atoms with Crippen molar-refractivity contribution in [2.75, 3.05) is 10.5 Å². The number of rotatable bonds is 6. The number of hydrogen-bond acceptors (Lipinski definition) is 7. The number of anilines is 1. The molecule has 0 unspecified atom stereocenters. The lowest BCUT2D eigenvalue weighted by Crippen LogP contribution is -2.18. The number of nitrogens with zero attached hydrogens (tertiary/aromatic N) is 3. The minimum Gasteiger partial charge on any atom is -0.411 e. The minimum absolute atomic E-state index is 0.0774. The Balaban J connectivity index is 1.99. The largest absolute Gasteiger partial charge is 0.411 e. The van der Waals surface area contributed by atoms with Gasteiger partial charge in [-0.15, -0.1) is 11.3 Å². The number of thiazole rings is 1. The van der Waals surface area contributed by atoms with Gasteiger partial charge in [-0.05, 0) is 19.1 Å². The van der Waals surface area contributed by atoms with Gasteiger partial charge in [0.15, 0.2) is 5.13 Å². The van der Waals surface area contributed by atoms with Crippen LogP contribution in [0.1, 0.15) is 18.3 Å². The molecule has 9 heteroatoms. The SMILES string of the molecule is CC(=NO)c1csc(NS(=O)(=O)CCc2ccccn2)n1. The summed E-state index contributed by atoms with van der Waals surface area (Å²) in [4.78, 5) is 8.12. The first-order valence-corrected chi connectivity index (χ1v) is 8.58. The smallest absolute Gasteiger partial charge is 0.234 e. The third-order valence-electron chi connectivity index (χ3n) is 2.62. The Labute approximate surface area is 126 Å². The zero-order valence-electron chi connectivity index (χ0n) is 11.2. The molecule has 2 heterocycles. The predicted molar refractivity (Wildman–Crippen MR) is 81.5 cm³/mol. The highest BCUT2D eigenvalue weighted by Crippen LogP contribution is 2.17. The van der Waals surface area contributed by atoms with Crippen LogP contribution in [0.5, 0.6) is 0 Å². The molecule has 0 aliphatic heterocycles. The van der Waals surface area contributed by atoms with E-state index in [9.17, 15) is 8.42 Å². The van der Waals surface area contributed by atoms with Gasteiger partial charge in [0.2, 0.25) is 10.0 Å². The van der Waals surface area contributed by atoms with Crippen molar-refractivity contribution in [3.8, 4) is 0 Å². The molecule has 0 fully saturated rings. The molecule has 0 atom stereocenters. The fourth-order valence-electron chi connectivity index (χ4n) is 1.51. The molecule has 0 radical (unpaired) electrons. The summed E-state index contributed by atoms with van der Waals surface area (Å²) in [5.74, 6) is -0.0774. The van der Waals surface area contributed by atoms with Crippen molar-refractivity contribution in [1.82, 2.24) is 9.97 Å². The molecule has 0 saturated carbocycles. The monoisotopic (exact) mass is 326 g/mol. The van der Waals surface area contributed by atoms with Crippen LogP contribution in [0.2, 0.25) is 0 Å². The fourth-order valence-corrected chi connectivity index (χ4v) is 3.57. The summed E-state index contributed by atoms with van der Waals surface area (Å²) in [7, 11) is -3.50. The molecular weight excluding hydrogens is 312 g/mol. The summed E-state index contributed by atoms with van der Waals surface area (Å²) < 4.78 is 26.3. The molecule has 0 aliphatic carbocycles. The second kappa shape index (κ2) is 6.64. The number of aryl methyl sites for hydroxylation is 1. The fraction of sp³-hybridized carbons (Fsp3) is 0.250. The molecule has 2 aromatic heterocycles. The Bertz CT molecular complexity index is 726. The molecule has 0 amide bonds. The summed E-state index contributed by atoms with van der Waals surface area (Å²) in [6.45, 7) is 1.58. The van der Waals surface area contributed by atoms with Crippen LogP contribution in [-0.4, -0.2) is 35.1 Å². The van der Waals surface area contributed by atoms with Crippen LogP contribution in [-0.2, 0) is 16.4 Å². The number of sulfonamides is 1. The number of oxime groups is 1. The van der Waals surface area contributed by atoms with Gasteiger partial charge in [0.05, 0.1) is 5.75 Å². The summed E-state index contributed by atoms with van der Waals surface area (Å²) in [5, 5.41) is 13.5. The van der Waals surface area contributed by atoms with E-state index in [2.05, 4.69) is 19.8 Å². The summed E-state index contributed by atoms with van der Waals surface area (Å²) in [5.41, 5.74) is 1.47. The molecule has 0 saturated heterocycles. The van der Waals surface area contributed by atoms with Crippen LogP contribution >= 0.6 is 11.3 Å². The standard InChI is InChI=1S/C12H14N4O3S2/c1-9(15-17)11-8-20-12(14-11)16-21(18,19)7-5-10-4-2-3-6-13-10/h2-4,6,8,17H,5,7H2,1H3,(H,14,16). The maximum atomic E-state index is 12.0. The Hall–Kier alpha value is -2.00. The van der Waals surface area contributed by atoms with Crippen molar-refractivity contribution in [3.05, 3.63) is 41.2 Å². The lowest BCUT2D eigenvalue weighted by atomic mass is 10.3. The van der Waals surface area contributed by atoms with Crippen molar-refractivity contribution < 1.29 is 13.6 Å². The van der Waals surface area contributed by atoms with Gasteiger partial charge in [-0.25, -0.2) is 13.4 Å². The van der Waals surface area contributed by atoms with Gasteiger partial charge >= 0.3 is 0 Å². The summed E-state index contributed by atoms with van der Waals surface area (Å²) in [6, 6.07) is 5.36. The Kier molecular flexibility index (Phi) is 4.86. The maximum Gasteiger partial charge on any atom is 0.234 e. The van der Waals surface area contributed by atoms with Crippen LogP contribution in [0.15, 0.2) is 34.9 Å². The molecule has 0 spiro atoms. The molecule has 7 nitrogen and oxygen atoms in total. The van der Waals surface area contributed by atoms with Crippen LogP contribution in [0.25, 0.3) is 0 Å². The third kappa shape index (κ3) is 4.50. The lowest BCUT2D eigenvalue weighted by Gasteiger charge is -2.04. The van der Waals surface area contributed by atoms with E-state index in [0.29, 0.717) is 23.5 Å². The molecule has 21 heavy (non-hydrogen) atoms. The average Bonchev–Trinajstić information content (AvgIpc) is 2.93. The predicted octanol–water partition coefficient (Wildman–Crippen LogP) is 1.72. The molecule has 0 bridgehead atoms. The number of hydrogen-bond donors (Lipinski definition) is 2. The first-order chi connectivity index (χ1) is 10.00. The quantitative estimate of drug-likeness (QED) is 0.478. The second-order valence-electron chi connectivity index (χ2n) is 4.22. The molecule has 112 valence electrons. The van der Waals surface area contributed by atoms with E-state index in [-0.39, 0.29) is 10.9 Å². The molecule has 2 N–H and O–H groups in total. The second-order valence-corrected chi connectivity index (χ2v) is 6.92. The van der Waals surface area contributed by atoms with E-state index in [1.807, 2.05) is 6.07 Å². The number of nitrogens with one attached hydrogen (secondary N) is 1. The van der Waals surface area contributed by atoms with Crippen molar-refractivity contribution in [3.63, 3.8) is 0 Å². The molecule has 0 aliphatic rings. The van der Waals surface area contributed by atoms with Crippen LogP contribution in [0, 0.1) is 0 Å². The van der Waals surface area contributed by atoms with E-state index >= 15 is 0 Å². The van der Waals surface area contributed by atoms with E-state index in [0.717, 1.165) is 11.3 Å². The zero-order chi connectivity index (χ0) is 15.3. The topological polar surface area (TPSA) is 105 Å². The van der Waals surface area contributed by atoms with Gasteiger partial charge in [0.25, 0.3) is 0 Å². The van der Waals surface area contributed by atoms with Crippen LogP contribution in [0.3, 0.4) is 0 Å². The Morgan fingerprint density at radius 1 is 1.48 bits per heavy atom. The Morgan fingerprint density at radius 3 is 2.95 bits per heavy atom. The summed E-state index contributed by atoms with van der Waals surface area (Å²) >= 11 is 1.13. The number of aromatic nitrogens is 2. The Morgan fingerprint density at radius 2 is 2.29 bits per heavy atom. The van der Waals surface area contributed by atoms with Crippen molar-refractivity contribution in [1.29, 1.82) is 0 Å². The van der Waals surface area contributed by atoms with Crippen LogP contribution in [0.4, 0.5) is 5.13 Å². The van der Waals surface area contributed by atoms with E-state index in [1.165, 1.54) is 0 Å². The third-order valence-corrected chi connectivity index (χ3v) is 4.75. The average molecular weight is 326 g/mol. The van der Waals surface area contributed by atoms with E-state index in [1.54, 1.807) is 30.6 Å². The highest BCUT2D eigenvalue weighted by atomic mass is 32.2. The first kappa shape index (κ1) is 15.4. The van der Waals surface area contributed by atoms with Gasteiger partial charge < -0.3 is 5.21 Å². The van der Waals surface area contributed by atoms with Gasteiger partial charge in [-0.3, -0.25) is 9.71 Å². The van der Waals surface area contributed by atoms with E-state index in [4.69, 9.17) is 5.21 Å². The van der Waals surface area contributed by atoms with Crippen LogP contribution < -0.4 is 4.72 Å². The van der Waals surface area contributed by atoms with Gasteiger partial charge in [-0.2, -0.15) is 0 Å². The van der Waals surface area contributed by atoms with Gasteiger partial charge in [0.1, 0.15) is 11.4 Å². The lowest BCUT2D eigenvalue weighted by molar-refractivity contribution is 0.319.